The summed E-state index contributed by atoms with van der Waals surface area (Å²) in [5.41, 5.74) is 0.129. The Balaban J connectivity index is 2.82. The van der Waals surface area contributed by atoms with Gasteiger partial charge in [-0.25, -0.2) is 9.59 Å². The third-order valence-corrected chi connectivity index (χ3v) is 2.48. The Morgan fingerprint density at radius 3 is 2.29 bits per heavy atom. The topological polar surface area (TPSA) is 75.6 Å². The summed E-state index contributed by atoms with van der Waals surface area (Å²) in [6.07, 6.45) is 0.908. The quantitative estimate of drug-likeness (QED) is 0.836. The second-order valence-corrected chi connectivity index (χ2v) is 5.69. The van der Waals surface area contributed by atoms with Crippen LogP contribution in [0.15, 0.2) is 36.4 Å². The molecule has 0 aliphatic rings. The summed E-state index contributed by atoms with van der Waals surface area (Å²) < 4.78 is 5.13. The SMILES string of the molecule is CC(/C=C(\C(=O)O)c1ccccc1)NC(=O)OC(C)(C)C. The summed E-state index contributed by atoms with van der Waals surface area (Å²) in [4.78, 5) is 23.0. The molecule has 0 bridgehead atoms. The summed E-state index contributed by atoms with van der Waals surface area (Å²) in [5.74, 6) is -1.04. The van der Waals surface area contributed by atoms with E-state index < -0.39 is 23.7 Å². The lowest BCUT2D eigenvalue weighted by Crippen LogP contribution is -2.37. The number of ether oxygens (including phenoxy) is 1. The fourth-order valence-corrected chi connectivity index (χ4v) is 1.69. The molecule has 5 nitrogen and oxygen atoms in total. The molecule has 0 aliphatic heterocycles. The first-order chi connectivity index (χ1) is 9.69. The van der Waals surface area contributed by atoms with Gasteiger partial charge in [-0.3, -0.25) is 0 Å². The van der Waals surface area contributed by atoms with Crippen molar-refractivity contribution in [3.63, 3.8) is 0 Å². The third-order valence-electron chi connectivity index (χ3n) is 2.48. The highest BCUT2D eigenvalue weighted by Crippen LogP contribution is 2.15. The van der Waals surface area contributed by atoms with Gasteiger partial charge >= 0.3 is 12.1 Å². The molecule has 0 saturated carbocycles. The maximum Gasteiger partial charge on any atom is 0.408 e. The predicted molar refractivity (Wildman–Crippen MR) is 80.9 cm³/mol. The largest absolute Gasteiger partial charge is 0.478 e. The van der Waals surface area contributed by atoms with Crippen molar-refractivity contribution in [1.29, 1.82) is 0 Å². The molecular weight excluding hydrogens is 270 g/mol. The van der Waals surface area contributed by atoms with Gasteiger partial charge in [0.05, 0.1) is 5.57 Å². The standard InChI is InChI=1S/C16H21NO4/c1-11(17-15(20)21-16(2,3)4)10-13(14(18)19)12-8-6-5-7-9-12/h5-11H,1-4H3,(H,17,20)(H,18,19)/b13-10-. The van der Waals surface area contributed by atoms with Gasteiger partial charge in [-0.15, -0.1) is 0 Å². The monoisotopic (exact) mass is 291 g/mol. The zero-order valence-electron chi connectivity index (χ0n) is 12.7. The lowest BCUT2D eigenvalue weighted by Gasteiger charge is -2.21. The molecule has 1 aromatic rings. The Bertz CT molecular complexity index is 529. The number of nitrogens with one attached hydrogen (secondary N) is 1. The van der Waals surface area contributed by atoms with Gasteiger partial charge in [-0.1, -0.05) is 30.3 Å². The van der Waals surface area contributed by atoms with E-state index in [9.17, 15) is 14.7 Å². The first-order valence-electron chi connectivity index (χ1n) is 6.69. The summed E-state index contributed by atoms with van der Waals surface area (Å²) in [5, 5.41) is 11.9. The number of carbonyl (C=O) groups excluding carboxylic acids is 1. The van der Waals surface area contributed by atoms with Gasteiger partial charge in [0.2, 0.25) is 0 Å². The van der Waals surface area contributed by atoms with E-state index in [1.165, 1.54) is 6.08 Å². The Morgan fingerprint density at radius 1 is 1.24 bits per heavy atom. The zero-order chi connectivity index (χ0) is 16.0. The second kappa shape index (κ2) is 6.92. The van der Waals surface area contributed by atoms with Gasteiger partial charge in [0.1, 0.15) is 5.60 Å². The van der Waals surface area contributed by atoms with Gasteiger partial charge in [0.15, 0.2) is 0 Å². The molecule has 0 spiro atoms. The van der Waals surface area contributed by atoms with Crippen LogP contribution >= 0.6 is 0 Å². The molecule has 21 heavy (non-hydrogen) atoms. The molecule has 0 aliphatic carbocycles. The van der Waals surface area contributed by atoms with Crippen LogP contribution in [0.3, 0.4) is 0 Å². The van der Waals surface area contributed by atoms with E-state index in [0.717, 1.165) is 0 Å². The zero-order valence-corrected chi connectivity index (χ0v) is 12.7. The molecule has 0 aromatic heterocycles. The molecule has 1 amide bonds. The summed E-state index contributed by atoms with van der Waals surface area (Å²) in [7, 11) is 0. The van der Waals surface area contributed by atoms with Crippen molar-refractivity contribution < 1.29 is 19.4 Å². The minimum Gasteiger partial charge on any atom is -0.478 e. The molecule has 1 unspecified atom stereocenters. The maximum atomic E-state index is 11.6. The Kier molecular flexibility index (Phi) is 5.52. The van der Waals surface area contributed by atoms with Crippen molar-refractivity contribution in [2.45, 2.75) is 39.3 Å². The van der Waals surface area contributed by atoms with Gasteiger partial charge in [0, 0.05) is 6.04 Å². The summed E-state index contributed by atoms with van der Waals surface area (Å²) in [6, 6.07) is 8.29. The molecule has 5 heteroatoms. The van der Waals surface area contributed by atoms with E-state index in [0.29, 0.717) is 5.56 Å². The van der Waals surface area contributed by atoms with Gasteiger partial charge in [-0.05, 0) is 39.3 Å². The van der Waals surface area contributed by atoms with E-state index in [1.807, 2.05) is 6.07 Å². The van der Waals surface area contributed by atoms with Crippen LogP contribution in [0.2, 0.25) is 0 Å². The van der Waals surface area contributed by atoms with Crippen LogP contribution in [0.25, 0.3) is 5.57 Å². The predicted octanol–water partition coefficient (Wildman–Crippen LogP) is 3.07. The first-order valence-corrected chi connectivity index (χ1v) is 6.69. The number of hydrogen-bond donors (Lipinski definition) is 2. The van der Waals surface area contributed by atoms with Crippen molar-refractivity contribution in [2.24, 2.45) is 0 Å². The Hall–Kier alpha value is -2.30. The van der Waals surface area contributed by atoms with E-state index in [1.54, 1.807) is 52.0 Å². The fraction of sp³-hybridized carbons (Fsp3) is 0.375. The van der Waals surface area contributed by atoms with Crippen molar-refractivity contribution in [2.75, 3.05) is 0 Å². The molecule has 0 heterocycles. The lowest BCUT2D eigenvalue weighted by molar-refractivity contribution is -0.130. The van der Waals surface area contributed by atoms with Crippen LogP contribution in [0.4, 0.5) is 4.79 Å². The summed E-state index contributed by atoms with van der Waals surface area (Å²) >= 11 is 0. The van der Waals surface area contributed by atoms with E-state index >= 15 is 0 Å². The van der Waals surface area contributed by atoms with Crippen molar-refractivity contribution in [3.05, 3.63) is 42.0 Å². The van der Waals surface area contributed by atoms with Crippen LogP contribution < -0.4 is 5.32 Å². The van der Waals surface area contributed by atoms with Gasteiger partial charge < -0.3 is 15.2 Å². The number of carboxylic acids is 1. The Morgan fingerprint density at radius 2 is 1.81 bits per heavy atom. The average Bonchev–Trinajstić information content (AvgIpc) is 2.34. The minimum absolute atomic E-state index is 0.138. The van der Waals surface area contributed by atoms with Crippen molar-refractivity contribution >= 4 is 17.6 Å². The molecule has 2 N–H and O–H groups in total. The lowest BCUT2D eigenvalue weighted by atomic mass is 10.0. The van der Waals surface area contributed by atoms with Crippen LogP contribution in [0.5, 0.6) is 0 Å². The van der Waals surface area contributed by atoms with Crippen molar-refractivity contribution in [1.82, 2.24) is 5.32 Å². The fourth-order valence-electron chi connectivity index (χ4n) is 1.69. The molecular formula is C16H21NO4. The number of amides is 1. The molecule has 1 aromatic carbocycles. The first kappa shape index (κ1) is 16.8. The number of hydrogen-bond acceptors (Lipinski definition) is 3. The van der Waals surface area contributed by atoms with Crippen LogP contribution in [-0.4, -0.2) is 28.8 Å². The number of carbonyl (C=O) groups is 2. The molecule has 0 fully saturated rings. The highest BCUT2D eigenvalue weighted by Gasteiger charge is 2.18. The smallest absolute Gasteiger partial charge is 0.408 e. The number of rotatable bonds is 4. The highest BCUT2D eigenvalue weighted by atomic mass is 16.6. The molecule has 1 rings (SSSR count). The summed E-state index contributed by atoms with van der Waals surface area (Å²) in [6.45, 7) is 6.98. The maximum absolute atomic E-state index is 11.6. The minimum atomic E-state index is -1.04. The average molecular weight is 291 g/mol. The normalized spacial score (nSPS) is 13.4. The number of benzene rings is 1. The number of carboxylic acid groups (broad SMARTS) is 1. The Labute approximate surface area is 124 Å². The van der Waals surface area contributed by atoms with E-state index in [-0.39, 0.29) is 5.57 Å². The van der Waals surface area contributed by atoms with Crippen LogP contribution in [-0.2, 0) is 9.53 Å². The molecule has 0 radical (unpaired) electrons. The van der Waals surface area contributed by atoms with Gasteiger partial charge in [-0.2, -0.15) is 0 Å². The molecule has 114 valence electrons. The van der Waals surface area contributed by atoms with Crippen LogP contribution in [0, 0.1) is 0 Å². The number of alkyl carbamates (subject to hydrolysis) is 1. The van der Waals surface area contributed by atoms with Crippen molar-refractivity contribution in [3.8, 4) is 0 Å². The van der Waals surface area contributed by atoms with E-state index in [4.69, 9.17) is 4.74 Å². The van der Waals surface area contributed by atoms with Gasteiger partial charge in [0.25, 0.3) is 0 Å². The molecule has 0 saturated heterocycles. The molecule has 1 atom stereocenters. The van der Waals surface area contributed by atoms with E-state index in [2.05, 4.69) is 5.32 Å². The second-order valence-electron chi connectivity index (χ2n) is 5.69. The third kappa shape index (κ3) is 6.12. The highest BCUT2D eigenvalue weighted by molar-refractivity contribution is 6.15. The number of aliphatic carboxylic acids is 1. The van der Waals surface area contributed by atoms with Crippen LogP contribution in [0.1, 0.15) is 33.3 Å².